The number of aryl methyl sites for hydroxylation is 1. The lowest BCUT2D eigenvalue weighted by Gasteiger charge is -2.17. The molecule has 2 aliphatic rings. The number of H-pyrrole nitrogens is 1. The number of rotatable bonds is 4. The predicted octanol–water partition coefficient (Wildman–Crippen LogP) is 4.06. The predicted molar refractivity (Wildman–Crippen MR) is 114 cm³/mol. The monoisotopic (exact) mass is 427 g/mol. The third-order valence-corrected chi connectivity index (χ3v) is 6.94. The van der Waals surface area contributed by atoms with E-state index in [1.165, 1.54) is 12.8 Å². The van der Waals surface area contributed by atoms with Gasteiger partial charge in [-0.1, -0.05) is 31.9 Å². The van der Waals surface area contributed by atoms with Crippen LogP contribution < -0.4 is 5.56 Å². The number of halogens is 2. The molecule has 31 heavy (non-hydrogen) atoms. The summed E-state index contributed by atoms with van der Waals surface area (Å²) in [4.78, 5) is 22.6. The van der Waals surface area contributed by atoms with Crippen LogP contribution in [-0.4, -0.2) is 37.7 Å². The summed E-state index contributed by atoms with van der Waals surface area (Å²) in [6.45, 7) is 5.35. The molecule has 6 nitrogen and oxygen atoms in total. The Bertz CT molecular complexity index is 1180. The van der Waals surface area contributed by atoms with E-state index in [4.69, 9.17) is 4.98 Å². The molecule has 0 unspecified atom stereocenters. The van der Waals surface area contributed by atoms with Gasteiger partial charge in [-0.3, -0.25) is 9.69 Å². The van der Waals surface area contributed by atoms with E-state index in [0.29, 0.717) is 47.1 Å². The second kappa shape index (κ2) is 7.82. The summed E-state index contributed by atoms with van der Waals surface area (Å²) in [5.41, 5.74) is 1.15. The van der Waals surface area contributed by atoms with Crippen LogP contribution in [0.1, 0.15) is 61.5 Å². The quantitative estimate of drug-likeness (QED) is 0.682. The average molecular weight is 427 g/mol. The number of aromatic nitrogens is 4. The normalized spacial score (nSPS) is 22.7. The summed E-state index contributed by atoms with van der Waals surface area (Å²) < 4.78 is 30.2. The van der Waals surface area contributed by atoms with Crippen molar-refractivity contribution in [3.63, 3.8) is 0 Å². The van der Waals surface area contributed by atoms with Crippen LogP contribution in [0.2, 0.25) is 0 Å². The molecule has 2 aromatic heterocycles. The maximum Gasteiger partial charge on any atom is 0.262 e. The van der Waals surface area contributed by atoms with E-state index >= 15 is 0 Å². The SMILES string of the molecule is Cc1ccc(CN2C[C@@H](C)[C@H](c3nc4c(cnn4C4CCCC4)c(=O)[nH]3)C2)c(F)c1F. The van der Waals surface area contributed by atoms with Crippen LogP contribution in [0.5, 0.6) is 0 Å². The number of hydrogen-bond donors (Lipinski definition) is 1. The molecule has 8 heteroatoms. The zero-order valence-corrected chi connectivity index (χ0v) is 17.9. The Labute approximate surface area is 179 Å². The number of benzene rings is 1. The van der Waals surface area contributed by atoms with Gasteiger partial charge < -0.3 is 4.98 Å². The Balaban J connectivity index is 1.42. The lowest BCUT2D eigenvalue weighted by atomic mass is 9.97. The second-order valence-corrected chi connectivity index (χ2v) is 9.16. The first-order valence-electron chi connectivity index (χ1n) is 11.1. The molecule has 0 bridgehead atoms. The van der Waals surface area contributed by atoms with Crippen LogP contribution in [0.4, 0.5) is 8.78 Å². The van der Waals surface area contributed by atoms with Gasteiger partial charge in [0.15, 0.2) is 17.3 Å². The molecule has 0 radical (unpaired) electrons. The van der Waals surface area contributed by atoms with Gasteiger partial charge in [-0.05, 0) is 31.2 Å². The third-order valence-electron chi connectivity index (χ3n) is 6.94. The topological polar surface area (TPSA) is 66.8 Å². The van der Waals surface area contributed by atoms with Crippen LogP contribution in [0, 0.1) is 24.5 Å². The van der Waals surface area contributed by atoms with E-state index in [1.807, 2.05) is 4.68 Å². The number of nitrogens with one attached hydrogen (secondary N) is 1. The molecule has 1 aliphatic carbocycles. The van der Waals surface area contributed by atoms with Crippen molar-refractivity contribution in [2.24, 2.45) is 5.92 Å². The molecular weight excluding hydrogens is 400 g/mol. The van der Waals surface area contributed by atoms with Gasteiger partial charge in [0, 0.05) is 31.1 Å². The fourth-order valence-electron chi connectivity index (χ4n) is 5.15. The van der Waals surface area contributed by atoms with Gasteiger partial charge in [-0.25, -0.2) is 18.4 Å². The summed E-state index contributed by atoms with van der Waals surface area (Å²) in [7, 11) is 0. The molecule has 3 heterocycles. The first kappa shape index (κ1) is 20.3. The minimum absolute atomic E-state index is 0.0161. The third kappa shape index (κ3) is 3.56. The van der Waals surface area contributed by atoms with Crippen LogP contribution in [-0.2, 0) is 6.54 Å². The number of likely N-dealkylation sites (tertiary alicyclic amines) is 1. The molecule has 2 atom stereocenters. The van der Waals surface area contributed by atoms with Gasteiger partial charge in [0.1, 0.15) is 11.2 Å². The van der Waals surface area contributed by atoms with Crippen LogP contribution in [0.3, 0.4) is 0 Å². The second-order valence-electron chi connectivity index (χ2n) is 9.16. The first-order valence-corrected chi connectivity index (χ1v) is 11.1. The lowest BCUT2D eigenvalue weighted by Crippen LogP contribution is -2.22. The van der Waals surface area contributed by atoms with Crippen molar-refractivity contribution in [3.05, 3.63) is 57.3 Å². The number of fused-ring (bicyclic) bond motifs is 1. The van der Waals surface area contributed by atoms with Gasteiger partial charge in [0.2, 0.25) is 0 Å². The van der Waals surface area contributed by atoms with Crippen LogP contribution in [0.25, 0.3) is 11.0 Å². The smallest absolute Gasteiger partial charge is 0.262 e. The molecule has 164 valence electrons. The largest absolute Gasteiger partial charge is 0.310 e. The average Bonchev–Trinajstić information content (AvgIpc) is 3.48. The molecule has 1 aromatic carbocycles. The maximum absolute atomic E-state index is 14.3. The first-order chi connectivity index (χ1) is 14.9. The van der Waals surface area contributed by atoms with Gasteiger partial charge in [-0.15, -0.1) is 0 Å². The highest BCUT2D eigenvalue weighted by atomic mass is 19.2. The van der Waals surface area contributed by atoms with Crippen molar-refractivity contribution in [1.29, 1.82) is 0 Å². The van der Waals surface area contributed by atoms with Gasteiger partial charge in [0.25, 0.3) is 5.56 Å². The van der Waals surface area contributed by atoms with E-state index in [-0.39, 0.29) is 17.4 Å². The molecule has 0 spiro atoms. The highest BCUT2D eigenvalue weighted by Gasteiger charge is 2.34. The summed E-state index contributed by atoms with van der Waals surface area (Å²) in [5.74, 6) is -0.658. The van der Waals surface area contributed by atoms with Crippen LogP contribution in [0.15, 0.2) is 23.1 Å². The Hall–Kier alpha value is -2.61. The minimum Gasteiger partial charge on any atom is -0.310 e. The van der Waals surface area contributed by atoms with Crippen LogP contribution >= 0.6 is 0 Å². The summed E-state index contributed by atoms with van der Waals surface area (Å²) in [6.07, 6.45) is 6.09. The number of nitrogens with zero attached hydrogens (tertiary/aromatic N) is 4. The lowest BCUT2D eigenvalue weighted by molar-refractivity contribution is 0.310. The summed E-state index contributed by atoms with van der Waals surface area (Å²) >= 11 is 0. The Morgan fingerprint density at radius 2 is 1.94 bits per heavy atom. The zero-order valence-electron chi connectivity index (χ0n) is 17.9. The highest BCUT2D eigenvalue weighted by Crippen LogP contribution is 2.34. The van der Waals surface area contributed by atoms with Crippen molar-refractivity contribution in [2.45, 2.75) is 58.0 Å². The molecule has 1 N–H and O–H groups in total. The standard InChI is InChI=1S/C23H27F2N5O/c1-13-7-8-15(20(25)19(13)24)11-29-10-14(2)18(12-29)21-27-22-17(23(31)28-21)9-26-30(22)16-5-3-4-6-16/h7-9,14,16,18H,3-6,10-12H2,1-2H3,(H,27,28,31)/t14-,18-/m1/s1. The molecule has 0 amide bonds. The van der Waals surface area contributed by atoms with Crippen molar-refractivity contribution >= 4 is 11.0 Å². The van der Waals surface area contributed by atoms with Gasteiger partial charge in [0.05, 0.1) is 12.2 Å². The summed E-state index contributed by atoms with van der Waals surface area (Å²) in [6, 6.07) is 3.57. The van der Waals surface area contributed by atoms with E-state index in [0.717, 1.165) is 19.4 Å². The fourth-order valence-corrected chi connectivity index (χ4v) is 5.15. The maximum atomic E-state index is 14.3. The Kier molecular flexibility index (Phi) is 5.12. The fraction of sp³-hybridized carbons (Fsp3) is 0.522. The number of hydrogen-bond acceptors (Lipinski definition) is 4. The van der Waals surface area contributed by atoms with Crippen molar-refractivity contribution < 1.29 is 8.78 Å². The minimum atomic E-state index is -0.780. The zero-order chi connectivity index (χ0) is 21.7. The van der Waals surface area contributed by atoms with Crippen molar-refractivity contribution in [1.82, 2.24) is 24.6 Å². The Morgan fingerprint density at radius 1 is 1.16 bits per heavy atom. The Morgan fingerprint density at radius 3 is 2.71 bits per heavy atom. The van der Waals surface area contributed by atoms with Gasteiger partial charge in [-0.2, -0.15) is 5.10 Å². The van der Waals surface area contributed by atoms with Crippen molar-refractivity contribution in [3.8, 4) is 0 Å². The molecular formula is C23H27F2N5O. The number of aromatic amines is 1. The van der Waals surface area contributed by atoms with E-state index < -0.39 is 11.6 Å². The van der Waals surface area contributed by atoms with E-state index in [9.17, 15) is 13.6 Å². The molecule has 1 aliphatic heterocycles. The highest BCUT2D eigenvalue weighted by molar-refractivity contribution is 5.73. The van der Waals surface area contributed by atoms with E-state index in [1.54, 1.807) is 25.3 Å². The van der Waals surface area contributed by atoms with Crippen molar-refractivity contribution in [2.75, 3.05) is 13.1 Å². The molecule has 5 rings (SSSR count). The molecule has 1 saturated heterocycles. The van der Waals surface area contributed by atoms with E-state index in [2.05, 4.69) is 21.9 Å². The molecule has 1 saturated carbocycles. The molecule has 3 aromatic rings. The summed E-state index contributed by atoms with van der Waals surface area (Å²) in [5, 5.41) is 4.99. The van der Waals surface area contributed by atoms with Gasteiger partial charge >= 0.3 is 0 Å². The molecule has 2 fully saturated rings.